The molecule has 0 aliphatic carbocycles. The van der Waals surface area contributed by atoms with E-state index in [0.29, 0.717) is 38.3 Å². The second-order valence-corrected chi connectivity index (χ2v) is 9.03. The van der Waals surface area contributed by atoms with Gasteiger partial charge in [-0.1, -0.05) is 64.8 Å². The van der Waals surface area contributed by atoms with E-state index in [-0.39, 0.29) is 18.3 Å². The third kappa shape index (κ3) is 5.98. The topological polar surface area (TPSA) is 69.0 Å². The average Bonchev–Trinajstić information content (AvgIpc) is 3.13. The molecule has 10 heteroatoms. The van der Waals surface area contributed by atoms with Crippen LogP contribution >= 0.6 is 46.6 Å². The Kier molecular flexibility index (Phi) is 8.48. The first kappa shape index (κ1) is 24.5. The fourth-order valence-electron chi connectivity index (χ4n) is 2.80. The Bertz CT molecular complexity index is 1150. The quantitative estimate of drug-likeness (QED) is 0.206. The van der Waals surface area contributed by atoms with Crippen LogP contribution in [0.25, 0.3) is 0 Å². The highest BCUT2D eigenvalue weighted by Gasteiger charge is 2.16. The number of hydrogen-bond acceptors (Lipinski definition) is 5. The van der Waals surface area contributed by atoms with Crippen LogP contribution in [0.3, 0.4) is 0 Å². The molecule has 1 aromatic heterocycles. The van der Waals surface area contributed by atoms with Gasteiger partial charge in [0.15, 0.2) is 11.0 Å². The van der Waals surface area contributed by atoms with E-state index in [2.05, 4.69) is 22.1 Å². The number of hydrogen-bond donors (Lipinski definition) is 1. The van der Waals surface area contributed by atoms with Gasteiger partial charge >= 0.3 is 0 Å². The highest BCUT2D eigenvalue weighted by atomic mass is 35.5. The van der Waals surface area contributed by atoms with E-state index in [1.807, 2.05) is 36.6 Å². The molecule has 0 bridgehead atoms. The van der Waals surface area contributed by atoms with Crippen LogP contribution < -0.4 is 10.1 Å². The SMILES string of the molecule is C=CCn1c(COc2cccc(C)c2C)nnc1SCC(=O)Nc1cc(Cl)c(Cl)cc1Cl. The molecule has 0 aliphatic rings. The van der Waals surface area contributed by atoms with Crippen LogP contribution in [-0.2, 0) is 17.9 Å². The fourth-order valence-corrected chi connectivity index (χ4v) is 4.16. The first-order valence-electron chi connectivity index (χ1n) is 9.59. The summed E-state index contributed by atoms with van der Waals surface area (Å²) >= 11 is 19.3. The number of benzene rings is 2. The van der Waals surface area contributed by atoms with E-state index in [9.17, 15) is 4.79 Å². The minimum Gasteiger partial charge on any atom is -0.485 e. The maximum atomic E-state index is 12.4. The number of aryl methyl sites for hydroxylation is 1. The lowest BCUT2D eigenvalue weighted by Crippen LogP contribution is -2.15. The Morgan fingerprint density at radius 1 is 1.19 bits per heavy atom. The number of thioether (sulfide) groups is 1. The Hall–Kier alpha value is -2.19. The van der Waals surface area contributed by atoms with Gasteiger partial charge in [0.2, 0.25) is 5.91 Å². The van der Waals surface area contributed by atoms with Crippen LogP contribution in [0.2, 0.25) is 15.1 Å². The van der Waals surface area contributed by atoms with Crippen molar-refractivity contribution in [3.8, 4) is 5.75 Å². The molecule has 32 heavy (non-hydrogen) atoms. The highest BCUT2D eigenvalue weighted by molar-refractivity contribution is 7.99. The van der Waals surface area contributed by atoms with Gasteiger partial charge < -0.3 is 10.1 Å². The highest BCUT2D eigenvalue weighted by Crippen LogP contribution is 2.32. The number of anilines is 1. The number of aromatic nitrogens is 3. The Morgan fingerprint density at radius 3 is 2.69 bits per heavy atom. The molecule has 1 N–H and O–H groups in total. The van der Waals surface area contributed by atoms with Crippen molar-refractivity contribution in [2.24, 2.45) is 0 Å². The van der Waals surface area contributed by atoms with Crippen LogP contribution in [0.4, 0.5) is 5.69 Å². The molecular weight excluding hydrogens is 491 g/mol. The van der Waals surface area contributed by atoms with E-state index in [1.165, 1.54) is 23.9 Å². The van der Waals surface area contributed by atoms with Crippen molar-refractivity contribution in [3.63, 3.8) is 0 Å². The number of allylic oxidation sites excluding steroid dienone is 1. The molecule has 0 unspecified atom stereocenters. The third-order valence-corrected chi connectivity index (χ3v) is 6.63. The second-order valence-electron chi connectivity index (χ2n) is 6.87. The number of ether oxygens (including phenoxy) is 1. The van der Waals surface area contributed by atoms with Crippen molar-refractivity contribution in [2.75, 3.05) is 11.1 Å². The Balaban J connectivity index is 1.66. The summed E-state index contributed by atoms with van der Waals surface area (Å²) in [5, 5.41) is 12.7. The van der Waals surface area contributed by atoms with E-state index in [0.717, 1.165) is 16.9 Å². The lowest BCUT2D eigenvalue weighted by molar-refractivity contribution is -0.113. The van der Waals surface area contributed by atoms with Crippen LogP contribution in [0, 0.1) is 13.8 Å². The molecule has 168 valence electrons. The average molecular weight is 512 g/mol. The smallest absolute Gasteiger partial charge is 0.234 e. The van der Waals surface area contributed by atoms with Gasteiger partial charge in [0.1, 0.15) is 12.4 Å². The van der Waals surface area contributed by atoms with Gasteiger partial charge in [0.05, 0.1) is 26.5 Å². The van der Waals surface area contributed by atoms with E-state index < -0.39 is 0 Å². The van der Waals surface area contributed by atoms with E-state index >= 15 is 0 Å². The second kappa shape index (κ2) is 11.1. The molecule has 3 aromatic rings. The molecule has 1 heterocycles. The lowest BCUT2D eigenvalue weighted by Gasteiger charge is -2.12. The monoisotopic (exact) mass is 510 g/mol. The molecule has 0 saturated carbocycles. The van der Waals surface area contributed by atoms with Gasteiger partial charge in [-0.05, 0) is 43.2 Å². The van der Waals surface area contributed by atoms with Crippen LogP contribution in [-0.4, -0.2) is 26.4 Å². The first-order valence-corrected chi connectivity index (χ1v) is 11.7. The molecular formula is C22H21Cl3N4O2S. The minimum atomic E-state index is -0.267. The number of rotatable bonds is 9. The summed E-state index contributed by atoms with van der Waals surface area (Å²) < 4.78 is 7.82. The standard InChI is InChI=1S/C22H21Cl3N4O2S/c1-4-8-29-20(11-31-19-7-5-6-13(2)14(19)3)27-28-22(29)32-12-21(30)26-18-10-16(24)15(23)9-17(18)25/h4-7,9-10H,1,8,11-12H2,2-3H3,(H,26,30). The van der Waals surface area contributed by atoms with Gasteiger partial charge in [-0.2, -0.15) is 0 Å². The van der Waals surface area contributed by atoms with E-state index in [4.69, 9.17) is 39.5 Å². The Morgan fingerprint density at radius 2 is 1.94 bits per heavy atom. The van der Waals surface area contributed by atoms with Gasteiger partial charge in [-0.3, -0.25) is 9.36 Å². The summed E-state index contributed by atoms with van der Waals surface area (Å²) in [4.78, 5) is 12.4. The molecule has 1 amide bonds. The lowest BCUT2D eigenvalue weighted by atomic mass is 10.1. The summed E-state index contributed by atoms with van der Waals surface area (Å²) in [7, 11) is 0. The Labute approximate surface area is 205 Å². The number of carbonyl (C=O) groups is 1. The van der Waals surface area contributed by atoms with Crippen molar-refractivity contribution in [3.05, 3.63) is 75.0 Å². The fraction of sp³-hybridized carbons (Fsp3) is 0.227. The zero-order valence-electron chi connectivity index (χ0n) is 17.5. The molecule has 0 fully saturated rings. The van der Waals surface area contributed by atoms with Crippen molar-refractivity contribution < 1.29 is 9.53 Å². The van der Waals surface area contributed by atoms with Crippen molar-refractivity contribution in [1.29, 1.82) is 0 Å². The van der Waals surface area contributed by atoms with Gasteiger partial charge in [0.25, 0.3) is 0 Å². The largest absolute Gasteiger partial charge is 0.485 e. The zero-order valence-corrected chi connectivity index (χ0v) is 20.6. The third-order valence-electron chi connectivity index (χ3n) is 4.63. The number of nitrogens with one attached hydrogen (secondary N) is 1. The normalized spacial score (nSPS) is 10.8. The molecule has 6 nitrogen and oxygen atoms in total. The van der Waals surface area contributed by atoms with Gasteiger partial charge in [0, 0.05) is 6.54 Å². The van der Waals surface area contributed by atoms with Gasteiger partial charge in [-0.25, -0.2) is 0 Å². The summed E-state index contributed by atoms with van der Waals surface area (Å²) in [5.74, 6) is 1.27. The minimum absolute atomic E-state index is 0.101. The first-order chi connectivity index (χ1) is 15.3. The molecule has 2 aromatic carbocycles. The van der Waals surface area contributed by atoms with E-state index in [1.54, 1.807) is 6.08 Å². The van der Waals surface area contributed by atoms with Crippen LogP contribution in [0.5, 0.6) is 5.75 Å². The van der Waals surface area contributed by atoms with Crippen molar-refractivity contribution in [2.45, 2.75) is 32.2 Å². The molecule has 0 saturated heterocycles. The van der Waals surface area contributed by atoms with Crippen molar-refractivity contribution >= 4 is 58.2 Å². The molecule has 0 spiro atoms. The molecule has 0 radical (unpaired) electrons. The predicted octanol–water partition coefficient (Wildman–Crippen LogP) is 6.35. The summed E-state index contributed by atoms with van der Waals surface area (Å²) in [5.41, 5.74) is 2.62. The van der Waals surface area contributed by atoms with Crippen LogP contribution in [0.15, 0.2) is 48.1 Å². The maximum absolute atomic E-state index is 12.4. The van der Waals surface area contributed by atoms with Crippen LogP contribution in [0.1, 0.15) is 17.0 Å². The van der Waals surface area contributed by atoms with Crippen molar-refractivity contribution in [1.82, 2.24) is 14.8 Å². The maximum Gasteiger partial charge on any atom is 0.234 e. The molecule has 0 atom stereocenters. The number of nitrogens with zero attached hydrogens (tertiary/aromatic N) is 3. The number of amides is 1. The molecule has 0 aliphatic heterocycles. The molecule has 3 rings (SSSR count). The summed E-state index contributed by atoms with van der Waals surface area (Å²) in [6.45, 7) is 8.58. The zero-order chi connectivity index (χ0) is 23.3. The number of halogens is 3. The van der Waals surface area contributed by atoms with Gasteiger partial charge in [-0.15, -0.1) is 16.8 Å². The number of carbonyl (C=O) groups excluding carboxylic acids is 1. The predicted molar refractivity (Wildman–Crippen MR) is 131 cm³/mol. The summed E-state index contributed by atoms with van der Waals surface area (Å²) in [6, 6.07) is 8.90. The summed E-state index contributed by atoms with van der Waals surface area (Å²) in [6.07, 6.45) is 1.74.